The number of halogens is 2. The molecule has 2 aromatic rings. The van der Waals surface area contributed by atoms with Gasteiger partial charge in [-0.25, -0.2) is 13.2 Å². The summed E-state index contributed by atoms with van der Waals surface area (Å²) in [6, 6.07) is 4.12. The molecule has 0 spiro atoms. The van der Waals surface area contributed by atoms with Crippen LogP contribution in [0.15, 0.2) is 34.3 Å². The van der Waals surface area contributed by atoms with Gasteiger partial charge in [0.1, 0.15) is 0 Å². The molecule has 130 valence electrons. The van der Waals surface area contributed by atoms with Crippen molar-refractivity contribution in [1.29, 1.82) is 0 Å². The highest BCUT2D eigenvalue weighted by atomic mass is 35.5. The van der Waals surface area contributed by atoms with Gasteiger partial charge in [-0.3, -0.25) is 0 Å². The third-order valence-corrected chi connectivity index (χ3v) is 6.06. The van der Waals surface area contributed by atoms with E-state index in [-0.39, 0.29) is 14.9 Å². The molecule has 0 N–H and O–H groups in total. The van der Waals surface area contributed by atoms with E-state index in [0.717, 1.165) is 10.2 Å². The molecule has 0 atom stereocenters. The van der Waals surface area contributed by atoms with E-state index in [0.29, 0.717) is 13.1 Å². The Hall–Kier alpha value is -1.57. The van der Waals surface area contributed by atoms with Gasteiger partial charge < -0.3 is 4.90 Å². The smallest absolute Gasteiger partial charge is 0.323 e. The molecule has 0 saturated heterocycles. The predicted molar refractivity (Wildman–Crippen MR) is 92.6 cm³/mol. The van der Waals surface area contributed by atoms with Gasteiger partial charge in [-0.2, -0.15) is 9.78 Å². The SMILES string of the molecule is CCN(CC)C(=O)n1cc(Cl)c(S(=O)(=O)c2ccc(C)cc2Cl)n1. The third-order valence-electron chi connectivity index (χ3n) is 3.50. The first-order chi connectivity index (χ1) is 11.2. The first-order valence-electron chi connectivity index (χ1n) is 7.28. The monoisotopic (exact) mass is 389 g/mol. The van der Waals surface area contributed by atoms with Crippen molar-refractivity contribution < 1.29 is 13.2 Å². The van der Waals surface area contributed by atoms with Crippen molar-refractivity contribution in [3.8, 4) is 0 Å². The number of benzene rings is 1. The molecule has 0 radical (unpaired) electrons. The van der Waals surface area contributed by atoms with Crippen molar-refractivity contribution in [2.45, 2.75) is 30.7 Å². The molecular weight excluding hydrogens is 373 g/mol. The molecule has 0 aliphatic carbocycles. The van der Waals surface area contributed by atoms with Crippen molar-refractivity contribution >= 4 is 39.1 Å². The highest BCUT2D eigenvalue weighted by Crippen LogP contribution is 2.31. The molecule has 9 heteroatoms. The predicted octanol–water partition coefficient (Wildman–Crippen LogP) is 3.64. The van der Waals surface area contributed by atoms with Crippen LogP contribution in [0.1, 0.15) is 19.4 Å². The number of nitrogens with zero attached hydrogens (tertiary/aromatic N) is 3. The number of amides is 1. The molecule has 0 aliphatic rings. The maximum atomic E-state index is 12.8. The first-order valence-corrected chi connectivity index (χ1v) is 9.52. The summed E-state index contributed by atoms with van der Waals surface area (Å²) in [5, 5.41) is 3.44. The summed E-state index contributed by atoms with van der Waals surface area (Å²) in [6.07, 6.45) is 1.19. The topological polar surface area (TPSA) is 72.3 Å². The number of aryl methyl sites for hydroxylation is 1. The number of carbonyl (C=O) groups is 1. The summed E-state index contributed by atoms with van der Waals surface area (Å²) in [5.74, 6) is 0. The molecule has 0 fully saturated rings. The van der Waals surface area contributed by atoms with E-state index in [4.69, 9.17) is 23.2 Å². The Kier molecular flexibility index (Phi) is 5.57. The van der Waals surface area contributed by atoms with Crippen LogP contribution < -0.4 is 0 Å². The molecule has 0 saturated carbocycles. The van der Waals surface area contributed by atoms with E-state index in [2.05, 4.69) is 5.10 Å². The van der Waals surface area contributed by atoms with Gasteiger partial charge in [-0.1, -0.05) is 29.3 Å². The van der Waals surface area contributed by atoms with E-state index in [1.165, 1.54) is 17.2 Å². The van der Waals surface area contributed by atoms with E-state index in [1.807, 2.05) is 13.8 Å². The van der Waals surface area contributed by atoms with Gasteiger partial charge in [-0.15, -0.1) is 0 Å². The van der Waals surface area contributed by atoms with Crippen LogP contribution in [0.2, 0.25) is 10.0 Å². The minimum atomic E-state index is -4.04. The maximum Gasteiger partial charge on any atom is 0.344 e. The third kappa shape index (κ3) is 3.43. The van der Waals surface area contributed by atoms with Crippen LogP contribution in [0.3, 0.4) is 0 Å². The first kappa shape index (κ1) is 18.8. The lowest BCUT2D eigenvalue weighted by Gasteiger charge is -2.17. The summed E-state index contributed by atoms with van der Waals surface area (Å²) < 4.78 is 26.5. The van der Waals surface area contributed by atoms with Gasteiger partial charge >= 0.3 is 6.03 Å². The lowest BCUT2D eigenvalue weighted by Crippen LogP contribution is -2.34. The number of sulfone groups is 1. The van der Waals surface area contributed by atoms with Crippen LogP contribution in [-0.4, -0.2) is 42.2 Å². The summed E-state index contributed by atoms with van der Waals surface area (Å²) in [6.45, 7) is 6.37. The normalized spacial score (nSPS) is 11.5. The van der Waals surface area contributed by atoms with Crippen LogP contribution in [0.25, 0.3) is 0 Å². The lowest BCUT2D eigenvalue weighted by molar-refractivity contribution is 0.201. The van der Waals surface area contributed by atoms with Gasteiger partial charge in [0.25, 0.3) is 0 Å². The van der Waals surface area contributed by atoms with E-state index in [1.54, 1.807) is 19.1 Å². The number of hydrogen-bond donors (Lipinski definition) is 0. The van der Waals surface area contributed by atoms with Crippen molar-refractivity contribution in [2.24, 2.45) is 0 Å². The minimum absolute atomic E-state index is 0.0793. The zero-order valence-corrected chi connectivity index (χ0v) is 15.8. The molecule has 24 heavy (non-hydrogen) atoms. The van der Waals surface area contributed by atoms with E-state index >= 15 is 0 Å². The number of aromatic nitrogens is 2. The summed E-state index contributed by atoms with van der Waals surface area (Å²) in [5.41, 5.74) is 0.826. The van der Waals surface area contributed by atoms with E-state index in [9.17, 15) is 13.2 Å². The second kappa shape index (κ2) is 7.13. The Bertz CT molecular complexity index is 874. The summed E-state index contributed by atoms with van der Waals surface area (Å²) in [7, 11) is -4.04. The Morgan fingerprint density at radius 3 is 2.38 bits per heavy atom. The largest absolute Gasteiger partial charge is 0.344 e. The standard InChI is InChI=1S/C15H17Cl2N3O3S/c1-4-19(5-2)15(21)20-9-12(17)14(18-20)24(22,23)13-7-6-10(3)8-11(13)16/h6-9H,4-5H2,1-3H3. The van der Waals surface area contributed by atoms with Crippen molar-refractivity contribution in [2.75, 3.05) is 13.1 Å². The highest BCUT2D eigenvalue weighted by Gasteiger charge is 2.28. The maximum absolute atomic E-state index is 12.8. The van der Waals surface area contributed by atoms with Gasteiger partial charge in [-0.05, 0) is 38.5 Å². The highest BCUT2D eigenvalue weighted by molar-refractivity contribution is 7.91. The zero-order valence-electron chi connectivity index (χ0n) is 13.5. The number of hydrogen-bond acceptors (Lipinski definition) is 4. The molecular formula is C15H17Cl2N3O3S. The molecule has 0 unspecified atom stereocenters. The average Bonchev–Trinajstić information content (AvgIpc) is 2.90. The molecule has 0 aliphatic heterocycles. The van der Waals surface area contributed by atoms with Gasteiger partial charge in [0.15, 0.2) is 0 Å². The molecule has 1 amide bonds. The molecule has 1 aromatic heterocycles. The second-order valence-electron chi connectivity index (χ2n) is 5.12. The number of rotatable bonds is 4. The van der Waals surface area contributed by atoms with Crippen LogP contribution in [0.4, 0.5) is 4.79 Å². The van der Waals surface area contributed by atoms with Crippen LogP contribution in [-0.2, 0) is 9.84 Å². The Labute approximate surface area is 150 Å². The quantitative estimate of drug-likeness (QED) is 0.799. The van der Waals surface area contributed by atoms with Crippen LogP contribution in [0, 0.1) is 6.92 Å². The van der Waals surface area contributed by atoms with Gasteiger partial charge in [0.2, 0.25) is 14.9 Å². The summed E-state index contributed by atoms with van der Waals surface area (Å²) >= 11 is 12.1. The molecule has 1 heterocycles. The molecule has 1 aromatic carbocycles. The fraction of sp³-hybridized carbons (Fsp3) is 0.333. The van der Waals surface area contributed by atoms with Crippen molar-refractivity contribution in [1.82, 2.24) is 14.7 Å². The Morgan fingerprint density at radius 1 is 1.21 bits per heavy atom. The molecule has 2 rings (SSSR count). The average molecular weight is 390 g/mol. The lowest BCUT2D eigenvalue weighted by atomic mass is 10.2. The molecule has 6 nitrogen and oxygen atoms in total. The Balaban J connectivity index is 2.51. The van der Waals surface area contributed by atoms with Crippen LogP contribution >= 0.6 is 23.2 Å². The second-order valence-corrected chi connectivity index (χ2v) is 7.77. The van der Waals surface area contributed by atoms with Crippen molar-refractivity contribution in [3.63, 3.8) is 0 Å². The van der Waals surface area contributed by atoms with Gasteiger partial charge in [0.05, 0.1) is 21.1 Å². The Morgan fingerprint density at radius 2 is 1.83 bits per heavy atom. The van der Waals surface area contributed by atoms with E-state index < -0.39 is 20.9 Å². The van der Waals surface area contributed by atoms with Crippen molar-refractivity contribution in [3.05, 3.63) is 40.0 Å². The minimum Gasteiger partial charge on any atom is -0.323 e. The molecule has 0 bridgehead atoms. The fourth-order valence-corrected chi connectivity index (χ4v) is 4.43. The number of carbonyl (C=O) groups excluding carboxylic acids is 1. The zero-order chi connectivity index (χ0) is 18.1. The van der Waals surface area contributed by atoms with Crippen LogP contribution in [0.5, 0.6) is 0 Å². The van der Waals surface area contributed by atoms with Gasteiger partial charge in [0, 0.05) is 13.1 Å². The summed E-state index contributed by atoms with van der Waals surface area (Å²) in [4.78, 5) is 13.7. The fourth-order valence-electron chi connectivity index (χ4n) is 2.18.